The quantitative estimate of drug-likeness (QED) is 0.0420. The number of guanidine groups is 2. The monoisotopic (exact) mass is 746 g/mol. The van der Waals surface area contributed by atoms with Crippen LogP contribution in [0, 0.1) is 0 Å². The highest BCUT2D eigenvalue weighted by Crippen LogP contribution is 2.34. The van der Waals surface area contributed by atoms with Crippen LogP contribution in [0.3, 0.4) is 0 Å². The third-order valence-corrected chi connectivity index (χ3v) is 7.41. The maximum absolute atomic E-state index is 13.6. The van der Waals surface area contributed by atoms with Crippen molar-refractivity contribution >= 4 is 52.4 Å². The number of fused-ring (bicyclic) bond motifs is 1. The van der Waals surface area contributed by atoms with Gasteiger partial charge in [0.25, 0.3) is 0 Å². The zero-order valence-corrected chi connectivity index (χ0v) is 28.6. The number of benzene rings is 2. The zero-order valence-electron chi connectivity index (χ0n) is 28.6. The molecule has 0 saturated carbocycles. The van der Waals surface area contributed by atoms with Crippen LogP contribution >= 0.6 is 0 Å². The van der Waals surface area contributed by atoms with Gasteiger partial charge in [0.1, 0.15) is 30.3 Å². The first-order chi connectivity index (χ1) is 25.0. The van der Waals surface area contributed by atoms with E-state index in [2.05, 4.69) is 31.3 Å². The smallest absolute Gasteiger partial charge is 0.417 e. The first kappa shape index (κ1) is 41.1. The number of hydrogen-bond acceptors (Lipinski definition) is 9. The molecule has 3 aromatic rings. The maximum Gasteiger partial charge on any atom is 0.417 e. The molecule has 0 aliphatic carbocycles. The van der Waals surface area contributed by atoms with E-state index in [9.17, 15) is 37.1 Å². The molecule has 1 aromatic heterocycles. The summed E-state index contributed by atoms with van der Waals surface area (Å²) in [5, 5.41) is 9.60. The summed E-state index contributed by atoms with van der Waals surface area (Å²) in [7, 11) is 0. The van der Waals surface area contributed by atoms with Crippen LogP contribution in [-0.4, -0.2) is 66.9 Å². The van der Waals surface area contributed by atoms with E-state index in [0.717, 1.165) is 17.7 Å². The van der Waals surface area contributed by atoms with Crippen molar-refractivity contribution in [1.82, 2.24) is 16.0 Å². The van der Waals surface area contributed by atoms with Crippen molar-refractivity contribution in [2.24, 2.45) is 32.9 Å². The Hall–Kier alpha value is -6.34. The molecule has 4 amide bonds. The molecule has 17 nitrogen and oxygen atoms in total. The van der Waals surface area contributed by atoms with Crippen molar-refractivity contribution in [2.75, 3.05) is 18.4 Å². The third kappa shape index (κ3) is 13.7. The van der Waals surface area contributed by atoms with E-state index < -0.39 is 70.3 Å². The molecule has 3 rings (SSSR count). The van der Waals surface area contributed by atoms with Crippen molar-refractivity contribution in [3.05, 3.63) is 76.1 Å². The Kier molecular flexibility index (Phi) is 15.0. The van der Waals surface area contributed by atoms with E-state index in [1.54, 1.807) is 30.3 Å². The topological polar surface area (TPSA) is 285 Å². The summed E-state index contributed by atoms with van der Waals surface area (Å²) >= 11 is 0. The predicted octanol–water partition coefficient (Wildman–Crippen LogP) is 1.14. The van der Waals surface area contributed by atoms with Crippen molar-refractivity contribution in [2.45, 2.75) is 63.5 Å². The lowest BCUT2D eigenvalue weighted by atomic mass is 10.1. The Morgan fingerprint density at radius 1 is 0.811 bits per heavy atom. The minimum Gasteiger partial charge on any atom is -0.445 e. The molecular weight excluding hydrogens is 705 g/mol. The number of alkyl halides is 3. The molecule has 3 atom stereocenters. The molecule has 0 fully saturated rings. The second-order valence-electron chi connectivity index (χ2n) is 11.6. The Morgan fingerprint density at radius 2 is 1.40 bits per heavy atom. The number of hydrogen-bond donors (Lipinski definition) is 8. The molecule has 0 bridgehead atoms. The number of rotatable bonds is 17. The fourth-order valence-electron chi connectivity index (χ4n) is 4.83. The van der Waals surface area contributed by atoms with Crippen LogP contribution in [0.2, 0.25) is 0 Å². The standard InChI is InChI=1S/C33H41F3N10O7/c1-18(43-32(51)52-17-19-7-3-2-4-8-19)27(48)45-24(10-6-14-42-31(39)40)29(50)46-23(9-5-13-41-30(37)38)28(49)44-20-11-12-21-22(33(34,35)36)16-26(47)53-25(21)15-20/h2-4,7-8,11-12,15-16,18,23-24H,5-6,9-10,13-14,17H2,1H3,(H,43,51)(H,44,49)(H,45,48)(H,46,50)(H4,37,38,41)(H4,39,40,42)/t18-,23?,24-/m0/s1. The molecule has 1 heterocycles. The van der Waals surface area contributed by atoms with Crippen LogP contribution in [0.5, 0.6) is 0 Å². The summed E-state index contributed by atoms with van der Waals surface area (Å²) < 4.78 is 50.6. The number of carbonyl (C=O) groups is 4. The minimum atomic E-state index is -4.85. The SMILES string of the molecule is C[C@H](NC(=O)OCc1ccccc1)C(=O)N[C@@H](CCCN=C(N)N)C(=O)NC(CCCN=C(N)N)C(=O)Nc1ccc2c(C(F)(F)F)cc(=O)oc2c1. The molecule has 1 unspecified atom stereocenters. The summed E-state index contributed by atoms with van der Waals surface area (Å²) in [6, 6.07) is 8.67. The fourth-order valence-corrected chi connectivity index (χ4v) is 4.83. The zero-order chi connectivity index (χ0) is 39.1. The van der Waals surface area contributed by atoms with Gasteiger partial charge in [0.2, 0.25) is 17.7 Å². The minimum absolute atomic E-state index is 0.00683. The second kappa shape index (κ2) is 19.3. The molecule has 286 valence electrons. The highest BCUT2D eigenvalue weighted by Gasteiger charge is 2.34. The molecule has 20 heteroatoms. The average Bonchev–Trinajstić information content (AvgIpc) is 3.09. The van der Waals surface area contributed by atoms with E-state index in [1.165, 1.54) is 13.0 Å². The van der Waals surface area contributed by atoms with Gasteiger partial charge in [-0.25, -0.2) is 9.59 Å². The Balaban J connectivity index is 1.78. The summed E-state index contributed by atoms with van der Waals surface area (Å²) in [5.74, 6) is -2.77. The predicted molar refractivity (Wildman–Crippen MR) is 189 cm³/mol. The number of nitrogens with one attached hydrogen (secondary N) is 4. The lowest BCUT2D eigenvalue weighted by Crippen LogP contribution is -2.55. The molecule has 0 aliphatic rings. The number of alkyl carbamates (subject to hydrolysis) is 1. The molecule has 0 spiro atoms. The van der Waals surface area contributed by atoms with E-state index in [0.29, 0.717) is 6.07 Å². The molecule has 0 saturated heterocycles. The lowest BCUT2D eigenvalue weighted by molar-refractivity contribution is -0.136. The molecule has 0 radical (unpaired) electrons. The van der Waals surface area contributed by atoms with Crippen molar-refractivity contribution < 1.29 is 41.5 Å². The lowest BCUT2D eigenvalue weighted by Gasteiger charge is -2.24. The molecular formula is C33H41F3N10O7. The largest absolute Gasteiger partial charge is 0.445 e. The summed E-state index contributed by atoms with van der Waals surface area (Å²) in [6.07, 6.45) is -5.38. The third-order valence-electron chi connectivity index (χ3n) is 7.41. The molecule has 53 heavy (non-hydrogen) atoms. The number of anilines is 1. The van der Waals surface area contributed by atoms with Crippen LogP contribution in [-0.2, 0) is 31.9 Å². The van der Waals surface area contributed by atoms with E-state index >= 15 is 0 Å². The van der Waals surface area contributed by atoms with Gasteiger partial charge < -0.3 is 53.4 Å². The summed E-state index contributed by atoms with van der Waals surface area (Å²) in [5.41, 5.74) is 19.3. The Labute approximate surface area is 300 Å². The highest BCUT2D eigenvalue weighted by molar-refractivity contribution is 6.00. The number of carbonyl (C=O) groups excluding carboxylic acids is 4. The number of nitrogens with zero attached hydrogens (tertiary/aromatic N) is 2. The van der Waals surface area contributed by atoms with E-state index in [1.807, 2.05) is 0 Å². The van der Waals surface area contributed by atoms with Crippen LogP contribution < -0.4 is 49.8 Å². The maximum atomic E-state index is 13.6. The van der Waals surface area contributed by atoms with Crippen LogP contribution in [0.4, 0.5) is 23.7 Å². The van der Waals surface area contributed by atoms with Gasteiger partial charge in [-0.05, 0) is 50.3 Å². The Bertz CT molecular complexity index is 1860. The van der Waals surface area contributed by atoms with Gasteiger partial charge in [-0.2, -0.15) is 13.2 Å². The average molecular weight is 747 g/mol. The van der Waals surface area contributed by atoms with Crippen LogP contribution in [0.15, 0.2) is 73.8 Å². The molecule has 0 aliphatic heterocycles. The number of aliphatic imine (C=N–C) groups is 2. The van der Waals surface area contributed by atoms with Crippen molar-refractivity contribution in [3.8, 4) is 0 Å². The van der Waals surface area contributed by atoms with Gasteiger partial charge >= 0.3 is 17.9 Å². The van der Waals surface area contributed by atoms with Gasteiger partial charge in [-0.3, -0.25) is 24.4 Å². The van der Waals surface area contributed by atoms with E-state index in [-0.39, 0.29) is 63.0 Å². The summed E-state index contributed by atoms with van der Waals surface area (Å²) in [4.78, 5) is 72.2. The number of halogens is 3. The van der Waals surface area contributed by atoms with Crippen molar-refractivity contribution in [1.29, 1.82) is 0 Å². The number of amides is 4. The number of nitrogens with two attached hydrogens (primary N) is 4. The summed E-state index contributed by atoms with van der Waals surface area (Å²) in [6.45, 7) is 1.49. The van der Waals surface area contributed by atoms with Crippen molar-refractivity contribution in [3.63, 3.8) is 0 Å². The van der Waals surface area contributed by atoms with Gasteiger partial charge in [0.15, 0.2) is 11.9 Å². The second-order valence-corrected chi connectivity index (χ2v) is 11.6. The van der Waals surface area contributed by atoms with Crippen LogP contribution in [0.25, 0.3) is 11.0 Å². The van der Waals surface area contributed by atoms with Gasteiger partial charge in [0.05, 0.1) is 5.56 Å². The Morgan fingerprint density at radius 3 is 1.98 bits per heavy atom. The van der Waals surface area contributed by atoms with E-state index in [4.69, 9.17) is 32.1 Å². The van der Waals surface area contributed by atoms with Crippen LogP contribution in [0.1, 0.15) is 43.7 Å². The normalized spacial score (nSPS) is 12.8. The van der Waals surface area contributed by atoms with Gasteiger partial charge in [-0.15, -0.1) is 0 Å². The number of ether oxygens (including phenoxy) is 1. The fraction of sp³-hybridized carbons (Fsp3) is 0.364. The van der Waals surface area contributed by atoms with Gasteiger partial charge in [0, 0.05) is 36.3 Å². The first-order valence-electron chi connectivity index (χ1n) is 16.2. The first-order valence-corrected chi connectivity index (χ1v) is 16.2. The van der Waals surface area contributed by atoms with Gasteiger partial charge in [-0.1, -0.05) is 30.3 Å². The molecule has 2 aromatic carbocycles. The highest BCUT2D eigenvalue weighted by atomic mass is 19.4. The molecule has 12 N–H and O–H groups in total.